The fourth-order valence-electron chi connectivity index (χ4n) is 0.976. The van der Waals surface area contributed by atoms with Gasteiger partial charge in [-0.3, -0.25) is 5.41 Å². The van der Waals surface area contributed by atoms with E-state index in [-0.39, 0.29) is 0 Å². The van der Waals surface area contributed by atoms with Crippen LogP contribution in [-0.4, -0.2) is 12.2 Å². The molecule has 0 aliphatic rings. The molecule has 1 N–H and O–H groups in total. The molecule has 0 atom stereocenters. The van der Waals surface area contributed by atoms with Crippen molar-refractivity contribution in [1.82, 2.24) is 0 Å². The summed E-state index contributed by atoms with van der Waals surface area (Å²) in [7, 11) is 1.63. The third-order valence-corrected chi connectivity index (χ3v) is 1.66. The Balaban J connectivity index is 2.79. The lowest BCUT2D eigenvalue weighted by Crippen LogP contribution is -1.93. The molecule has 3 heteroatoms. The van der Waals surface area contributed by atoms with Gasteiger partial charge in [0.25, 0.3) is 0 Å². The minimum atomic E-state index is 0.364. The predicted octanol–water partition coefficient (Wildman–Crippen LogP) is 2.14. The Hall–Kier alpha value is -0.960. The van der Waals surface area contributed by atoms with Crippen LogP contribution in [0.3, 0.4) is 0 Å². The first-order valence-electron chi connectivity index (χ1n) is 3.61. The maximum absolute atomic E-state index is 7.18. The van der Waals surface area contributed by atoms with Crippen LogP contribution in [0.4, 0.5) is 0 Å². The third kappa shape index (κ3) is 2.58. The first kappa shape index (κ1) is 9.13. The van der Waals surface area contributed by atoms with E-state index in [1.54, 1.807) is 7.11 Å². The maximum Gasteiger partial charge on any atom is 0.119 e. The van der Waals surface area contributed by atoms with Gasteiger partial charge in [0, 0.05) is 6.42 Å². The molecule has 1 rings (SSSR count). The average molecular weight is 181 g/mol. The molecule has 0 unspecified atom stereocenters. The van der Waals surface area contributed by atoms with E-state index < -0.39 is 0 Å². The largest absolute Gasteiger partial charge is 0.497 e. The molecule has 0 spiro atoms. The van der Waals surface area contributed by atoms with Crippen LogP contribution in [0, 0.1) is 5.41 Å². The summed E-state index contributed by atoms with van der Waals surface area (Å²) in [5.41, 5.74) is 1.05. The Morgan fingerprint density at radius 1 is 1.58 bits per heavy atom. The Kier molecular flexibility index (Phi) is 3.17. The third-order valence-electron chi connectivity index (χ3n) is 1.51. The van der Waals surface area contributed by atoms with E-state index in [4.69, 9.17) is 10.1 Å². The van der Waals surface area contributed by atoms with E-state index >= 15 is 0 Å². The van der Waals surface area contributed by atoms with Gasteiger partial charge in [-0.2, -0.15) is 0 Å². The number of ether oxygens (including phenoxy) is 1. The number of benzene rings is 1. The minimum absolute atomic E-state index is 0.364. The van der Waals surface area contributed by atoms with Gasteiger partial charge in [0.2, 0.25) is 0 Å². The van der Waals surface area contributed by atoms with Gasteiger partial charge in [-0.05, 0) is 17.7 Å². The molecule has 0 fully saturated rings. The molecule has 12 heavy (non-hydrogen) atoms. The number of nitrogens with one attached hydrogen (secondary N) is 1. The standard InChI is InChI=1S/C9H11NOS/c1-11-8-4-2-3-7(5-8)6-9(10)12/h2-5H,6H2,1H3,(H2,10,12). The van der Waals surface area contributed by atoms with Crippen LogP contribution in [0.15, 0.2) is 24.3 Å². The van der Waals surface area contributed by atoms with Crippen LogP contribution >= 0.6 is 12.6 Å². The zero-order valence-electron chi connectivity index (χ0n) is 6.87. The van der Waals surface area contributed by atoms with Crippen LogP contribution < -0.4 is 4.74 Å². The maximum atomic E-state index is 7.18. The molecule has 1 aromatic rings. The van der Waals surface area contributed by atoms with Crippen LogP contribution in [0.5, 0.6) is 5.75 Å². The van der Waals surface area contributed by atoms with Gasteiger partial charge in [-0.15, -0.1) is 12.6 Å². The van der Waals surface area contributed by atoms with Crippen LogP contribution in [-0.2, 0) is 6.42 Å². The SMILES string of the molecule is COc1cccc(CC(=N)S)c1. The molecular weight excluding hydrogens is 170 g/mol. The Labute approximate surface area is 77.5 Å². The van der Waals surface area contributed by atoms with Crippen LogP contribution in [0.2, 0.25) is 0 Å². The van der Waals surface area contributed by atoms with Crippen molar-refractivity contribution in [3.63, 3.8) is 0 Å². The first-order chi connectivity index (χ1) is 5.72. The van der Waals surface area contributed by atoms with Crippen molar-refractivity contribution in [1.29, 1.82) is 5.41 Å². The second-order valence-electron chi connectivity index (χ2n) is 2.47. The minimum Gasteiger partial charge on any atom is -0.497 e. The summed E-state index contributed by atoms with van der Waals surface area (Å²) in [6.45, 7) is 0. The van der Waals surface area contributed by atoms with E-state index in [1.165, 1.54) is 0 Å². The lowest BCUT2D eigenvalue weighted by atomic mass is 10.1. The summed E-state index contributed by atoms with van der Waals surface area (Å²) in [5.74, 6) is 0.821. The van der Waals surface area contributed by atoms with Crippen molar-refractivity contribution < 1.29 is 4.74 Å². The van der Waals surface area contributed by atoms with Gasteiger partial charge in [-0.25, -0.2) is 0 Å². The summed E-state index contributed by atoms with van der Waals surface area (Å²) in [6, 6.07) is 7.65. The fourth-order valence-corrected chi connectivity index (χ4v) is 1.16. The molecule has 0 saturated heterocycles. The number of hydrogen-bond acceptors (Lipinski definition) is 2. The number of hydrogen-bond donors (Lipinski definition) is 2. The Bertz CT molecular complexity index is 286. The highest BCUT2D eigenvalue weighted by molar-refractivity contribution is 7.96. The topological polar surface area (TPSA) is 33.1 Å². The molecule has 2 nitrogen and oxygen atoms in total. The van der Waals surface area contributed by atoms with E-state index in [9.17, 15) is 0 Å². The van der Waals surface area contributed by atoms with Crippen LogP contribution in [0.25, 0.3) is 0 Å². The smallest absolute Gasteiger partial charge is 0.119 e. The van der Waals surface area contributed by atoms with Crippen molar-refractivity contribution in [2.75, 3.05) is 7.11 Å². The zero-order chi connectivity index (χ0) is 8.97. The highest BCUT2D eigenvalue weighted by Crippen LogP contribution is 2.13. The summed E-state index contributed by atoms with van der Waals surface area (Å²) >= 11 is 3.92. The molecule has 0 aliphatic carbocycles. The van der Waals surface area contributed by atoms with Crippen molar-refractivity contribution >= 4 is 17.7 Å². The molecule has 0 bridgehead atoms. The second-order valence-corrected chi connectivity index (χ2v) is 3.01. The van der Waals surface area contributed by atoms with Gasteiger partial charge in [0.05, 0.1) is 12.2 Å². The quantitative estimate of drug-likeness (QED) is 0.418. The first-order valence-corrected chi connectivity index (χ1v) is 4.06. The van der Waals surface area contributed by atoms with E-state index in [0.29, 0.717) is 11.5 Å². The lowest BCUT2D eigenvalue weighted by molar-refractivity contribution is 0.414. The summed E-state index contributed by atoms with van der Waals surface area (Å²) in [4.78, 5) is 0. The molecule has 0 radical (unpaired) electrons. The summed E-state index contributed by atoms with van der Waals surface area (Å²) in [5, 5.41) is 7.55. The molecule has 0 aliphatic heterocycles. The molecule has 0 aromatic heterocycles. The highest BCUT2D eigenvalue weighted by atomic mass is 32.1. The molecule has 0 amide bonds. The molecule has 64 valence electrons. The van der Waals surface area contributed by atoms with Gasteiger partial charge in [0.1, 0.15) is 5.75 Å². The highest BCUT2D eigenvalue weighted by Gasteiger charge is 1.96. The summed E-state index contributed by atoms with van der Waals surface area (Å²) in [6.07, 6.45) is 0.570. The second kappa shape index (κ2) is 4.16. The monoisotopic (exact) mass is 181 g/mol. The Morgan fingerprint density at radius 2 is 2.33 bits per heavy atom. The van der Waals surface area contributed by atoms with Crippen LogP contribution in [0.1, 0.15) is 5.56 Å². The predicted molar refractivity (Wildman–Crippen MR) is 53.4 cm³/mol. The number of thiol groups is 1. The van der Waals surface area contributed by atoms with E-state index in [2.05, 4.69) is 12.6 Å². The van der Waals surface area contributed by atoms with Crippen molar-refractivity contribution in [2.24, 2.45) is 0 Å². The van der Waals surface area contributed by atoms with Gasteiger partial charge >= 0.3 is 0 Å². The number of rotatable bonds is 3. The zero-order valence-corrected chi connectivity index (χ0v) is 7.77. The van der Waals surface area contributed by atoms with Crippen molar-refractivity contribution in [3.05, 3.63) is 29.8 Å². The van der Waals surface area contributed by atoms with Gasteiger partial charge < -0.3 is 4.74 Å². The number of methoxy groups -OCH3 is 1. The van der Waals surface area contributed by atoms with E-state index in [1.807, 2.05) is 24.3 Å². The van der Waals surface area contributed by atoms with E-state index in [0.717, 1.165) is 11.3 Å². The fraction of sp³-hybridized carbons (Fsp3) is 0.222. The summed E-state index contributed by atoms with van der Waals surface area (Å²) < 4.78 is 5.04. The average Bonchev–Trinajstić information content (AvgIpc) is 2.03. The Morgan fingerprint density at radius 3 is 2.92 bits per heavy atom. The molecule has 1 aromatic carbocycles. The normalized spacial score (nSPS) is 9.50. The van der Waals surface area contributed by atoms with Gasteiger partial charge in [0.15, 0.2) is 0 Å². The van der Waals surface area contributed by atoms with Gasteiger partial charge in [-0.1, -0.05) is 12.1 Å². The lowest BCUT2D eigenvalue weighted by Gasteiger charge is -2.02. The van der Waals surface area contributed by atoms with Crippen molar-refractivity contribution in [3.8, 4) is 5.75 Å². The molecule has 0 heterocycles. The molecular formula is C9H11NOS. The van der Waals surface area contributed by atoms with Crippen molar-refractivity contribution in [2.45, 2.75) is 6.42 Å². The molecule has 0 saturated carbocycles.